The van der Waals surface area contributed by atoms with Crippen LogP contribution in [0.5, 0.6) is 11.5 Å². The van der Waals surface area contributed by atoms with Gasteiger partial charge in [-0.05, 0) is 55.8 Å². The van der Waals surface area contributed by atoms with Gasteiger partial charge in [0, 0.05) is 11.3 Å². The Morgan fingerprint density at radius 2 is 1.74 bits per heavy atom. The van der Waals surface area contributed by atoms with Crippen LogP contribution in [-0.2, 0) is 10.0 Å². The Morgan fingerprint density at radius 1 is 1.07 bits per heavy atom. The minimum absolute atomic E-state index is 0.0116. The number of anilines is 1. The molecule has 0 bridgehead atoms. The summed E-state index contributed by atoms with van der Waals surface area (Å²) in [5, 5.41) is 2.92. The summed E-state index contributed by atoms with van der Waals surface area (Å²) >= 11 is 0. The number of ether oxygens (including phenoxy) is 2. The first-order valence-corrected chi connectivity index (χ1v) is 10.3. The Bertz CT molecular complexity index is 926. The van der Waals surface area contributed by atoms with E-state index >= 15 is 0 Å². The molecule has 7 nitrogen and oxygen atoms in total. The van der Waals surface area contributed by atoms with E-state index in [0.717, 1.165) is 5.56 Å². The van der Waals surface area contributed by atoms with Crippen LogP contribution in [0.3, 0.4) is 0 Å². The van der Waals surface area contributed by atoms with E-state index in [0.29, 0.717) is 36.0 Å². The van der Waals surface area contributed by atoms with E-state index in [9.17, 15) is 13.2 Å². The van der Waals surface area contributed by atoms with Crippen LogP contribution < -0.4 is 19.5 Å². The number of benzene rings is 2. The van der Waals surface area contributed by atoms with Gasteiger partial charge in [-0.3, -0.25) is 9.52 Å². The van der Waals surface area contributed by atoms with Crippen LogP contribution in [0.15, 0.2) is 42.5 Å². The highest BCUT2D eigenvalue weighted by atomic mass is 32.2. The van der Waals surface area contributed by atoms with Gasteiger partial charge in [0.2, 0.25) is 10.0 Å². The minimum Gasteiger partial charge on any atom is -0.486 e. The molecule has 8 heteroatoms. The van der Waals surface area contributed by atoms with Crippen molar-refractivity contribution in [3.8, 4) is 11.5 Å². The summed E-state index contributed by atoms with van der Waals surface area (Å²) in [4.78, 5) is 12.5. The topological polar surface area (TPSA) is 93.7 Å². The Balaban J connectivity index is 1.66. The molecule has 1 atom stereocenters. The predicted octanol–water partition coefficient (Wildman–Crippen LogP) is 2.71. The lowest BCUT2D eigenvalue weighted by molar-refractivity contribution is 0.0939. The highest BCUT2D eigenvalue weighted by Crippen LogP contribution is 2.32. The molecule has 0 fully saturated rings. The Labute approximate surface area is 158 Å². The number of hydrogen-bond donors (Lipinski definition) is 2. The van der Waals surface area contributed by atoms with E-state index < -0.39 is 10.0 Å². The summed E-state index contributed by atoms with van der Waals surface area (Å²) in [6.45, 7) is 4.48. The number of rotatable bonds is 6. The molecular weight excluding hydrogens is 368 g/mol. The first-order chi connectivity index (χ1) is 12.9. The fourth-order valence-corrected chi connectivity index (χ4v) is 3.27. The van der Waals surface area contributed by atoms with Gasteiger partial charge in [0.15, 0.2) is 11.5 Å². The maximum atomic E-state index is 12.5. The number of carbonyl (C=O) groups excluding carboxylic acids is 1. The quantitative estimate of drug-likeness (QED) is 0.791. The molecule has 27 heavy (non-hydrogen) atoms. The average molecular weight is 390 g/mol. The zero-order chi connectivity index (χ0) is 19.4. The number of fused-ring (bicyclic) bond motifs is 1. The lowest BCUT2D eigenvalue weighted by atomic mass is 10.1. The first kappa shape index (κ1) is 19.0. The summed E-state index contributed by atoms with van der Waals surface area (Å²) in [6.07, 6.45) is 0. The van der Waals surface area contributed by atoms with Crippen molar-refractivity contribution in [1.82, 2.24) is 5.32 Å². The van der Waals surface area contributed by atoms with Crippen LogP contribution in [-0.4, -0.2) is 33.3 Å². The van der Waals surface area contributed by atoms with Gasteiger partial charge in [-0.2, -0.15) is 0 Å². The third kappa shape index (κ3) is 4.71. The smallest absolute Gasteiger partial charge is 0.251 e. The molecule has 2 aromatic rings. The molecular formula is C19H22N2O5S. The molecule has 0 radical (unpaired) electrons. The van der Waals surface area contributed by atoms with Gasteiger partial charge < -0.3 is 14.8 Å². The molecule has 1 amide bonds. The third-order valence-electron chi connectivity index (χ3n) is 4.21. The summed E-state index contributed by atoms with van der Waals surface area (Å²) in [5.74, 6) is 1.12. The van der Waals surface area contributed by atoms with Crippen molar-refractivity contribution in [3.05, 3.63) is 53.6 Å². The molecule has 3 rings (SSSR count). The Morgan fingerprint density at radius 3 is 2.41 bits per heavy atom. The van der Waals surface area contributed by atoms with E-state index in [1.807, 2.05) is 25.1 Å². The largest absolute Gasteiger partial charge is 0.486 e. The first-order valence-electron chi connectivity index (χ1n) is 8.69. The number of amides is 1. The normalized spacial score (nSPS) is 14.3. The number of nitrogens with one attached hydrogen (secondary N) is 2. The molecule has 1 heterocycles. The summed E-state index contributed by atoms with van der Waals surface area (Å²) in [7, 11) is -3.34. The van der Waals surface area contributed by atoms with Crippen molar-refractivity contribution in [3.63, 3.8) is 0 Å². The van der Waals surface area contributed by atoms with Gasteiger partial charge in [-0.1, -0.05) is 6.07 Å². The average Bonchev–Trinajstić information content (AvgIpc) is 2.67. The molecule has 144 valence electrons. The molecule has 2 N–H and O–H groups in total. The molecule has 1 unspecified atom stereocenters. The van der Waals surface area contributed by atoms with Crippen LogP contribution in [0, 0.1) is 0 Å². The van der Waals surface area contributed by atoms with E-state index in [-0.39, 0.29) is 17.7 Å². The molecule has 0 spiro atoms. The fraction of sp³-hybridized carbons (Fsp3) is 0.316. The second kappa shape index (κ2) is 7.87. The SMILES string of the molecule is CCS(=O)(=O)Nc1ccc(C(=O)NC(C)c2ccc3c(c2)OCCO3)cc1. The second-order valence-electron chi connectivity index (χ2n) is 6.18. The van der Waals surface area contributed by atoms with Crippen molar-refractivity contribution >= 4 is 21.6 Å². The van der Waals surface area contributed by atoms with Crippen LogP contribution in [0.4, 0.5) is 5.69 Å². The second-order valence-corrected chi connectivity index (χ2v) is 8.19. The number of carbonyl (C=O) groups is 1. The molecule has 0 aromatic heterocycles. The third-order valence-corrected chi connectivity index (χ3v) is 5.52. The molecule has 0 saturated carbocycles. The van der Waals surface area contributed by atoms with E-state index in [4.69, 9.17) is 9.47 Å². The van der Waals surface area contributed by atoms with E-state index in [2.05, 4.69) is 10.0 Å². The van der Waals surface area contributed by atoms with Crippen molar-refractivity contribution in [2.75, 3.05) is 23.7 Å². The standard InChI is InChI=1S/C19H22N2O5S/c1-3-27(23,24)21-16-7-4-14(5-8-16)19(22)20-13(2)15-6-9-17-18(12-15)26-11-10-25-17/h4-9,12-13,21H,3,10-11H2,1-2H3,(H,20,22). The van der Waals surface area contributed by atoms with Gasteiger partial charge in [0.05, 0.1) is 11.8 Å². The number of sulfonamides is 1. The van der Waals surface area contributed by atoms with Crippen LogP contribution in [0.25, 0.3) is 0 Å². The number of hydrogen-bond acceptors (Lipinski definition) is 5. The summed E-state index contributed by atoms with van der Waals surface area (Å²) in [5.41, 5.74) is 1.77. The van der Waals surface area contributed by atoms with Gasteiger partial charge in [-0.25, -0.2) is 8.42 Å². The van der Waals surface area contributed by atoms with Crippen LogP contribution in [0.2, 0.25) is 0 Å². The Kier molecular flexibility index (Phi) is 5.55. The predicted molar refractivity (Wildman–Crippen MR) is 103 cm³/mol. The zero-order valence-corrected chi connectivity index (χ0v) is 16.0. The molecule has 0 aliphatic carbocycles. The maximum Gasteiger partial charge on any atom is 0.251 e. The molecule has 0 saturated heterocycles. The molecule has 2 aromatic carbocycles. The van der Waals surface area contributed by atoms with E-state index in [1.54, 1.807) is 31.2 Å². The highest BCUT2D eigenvalue weighted by Gasteiger charge is 2.16. The van der Waals surface area contributed by atoms with Gasteiger partial charge in [0.1, 0.15) is 13.2 Å². The van der Waals surface area contributed by atoms with Crippen molar-refractivity contribution in [1.29, 1.82) is 0 Å². The van der Waals surface area contributed by atoms with Gasteiger partial charge in [0.25, 0.3) is 5.91 Å². The van der Waals surface area contributed by atoms with E-state index in [1.165, 1.54) is 0 Å². The summed E-state index contributed by atoms with van der Waals surface area (Å²) in [6, 6.07) is 11.7. The minimum atomic E-state index is -3.34. The van der Waals surface area contributed by atoms with Crippen molar-refractivity contribution < 1.29 is 22.7 Å². The monoisotopic (exact) mass is 390 g/mol. The van der Waals surface area contributed by atoms with Crippen LogP contribution >= 0.6 is 0 Å². The zero-order valence-electron chi connectivity index (χ0n) is 15.2. The Hall–Kier alpha value is -2.74. The van der Waals surface area contributed by atoms with Crippen molar-refractivity contribution in [2.24, 2.45) is 0 Å². The fourth-order valence-electron chi connectivity index (χ4n) is 2.63. The van der Waals surface area contributed by atoms with Crippen LogP contribution in [0.1, 0.15) is 35.8 Å². The lowest BCUT2D eigenvalue weighted by Gasteiger charge is -2.21. The molecule has 1 aliphatic heterocycles. The summed E-state index contributed by atoms with van der Waals surface area (Å²) < 4.78 is 36.7. The van der Waals surface area contributed by atoms with Crippen molar-refractivity contribution in [2.45, 2.75) is 19.9 Å². The van der Waals surface area contributed by atoms with Gasteiger partial charge in [-0.15, -0.1) is 0 Å². The lowest BCUT2D eigenvalue weighted by Crippen LogP contribution is -2.27. The highest BCUT2D eigenvalue weighted by molar-refractivity contribution is 7.92. The maximum absolute atomic E-state index is 12.5. The van der Waals surface area contributed by atoms with Gasteiger partial charge >= 0.3 is 0 Å². The molecule has 1 aliphatic rings.